The van der Waals surface area contributed by atoms with Gasteiger partial charge in [0.05, 0.1) is 0 Å². The summed E-state index contributed by atoms with van der Waals surface area (Å²) >= 11 is 0. The predicted octanol–water partition coefficient (Wildman–Crippen LogP) is 15.2. The Bertz CT molecular complexity index is 345. The maximum Gasteiger partial charge on any atom is 0.326 e. The molecule has 1 atom stereocenters. The summed E-state index contributed by atoms with van der Waals surface area (Å²) in [5.41, 5.74) is 0. The Labute approximate surface area is 265 Å². The Morgan fingerprint density at radius 1 is 0.500 bits per heavy atom. The first-order valence-corrected chi connectivity index (χ1v) is 10.5. The third-order valence-electron chi connectivity index (χ3n) is 4.76. The maximum atomic E-state index is 11.8. The summed E-state index contributed by atoms with van der Waals surface area (Å²) in [6, 6.07) is -0.769. The number of aliphatic carboxylic acids is 1. The van der Waals surface area contributed by atoms with Crippen LogP contribution in [0.5, 0.6) is 0 Å². The van der Waals surface area contributed by atoms with Crippen LogP contribution in [0.1, 0.15) is 222 Å². The monoisotopic (exact) mass is 596 g/mol. The largest absolute Gasteiger partial charge is 0.480 e. The molecule has 40 heavy (non-hydrogen) atoms. The lowest BCUT2D eigenvalue weighted by atomic mass is 10.0. The fourth-order valence-electron chi connectivity index (χ4n) is 3.06. The van der Waals surface area contributed by atoms with Crippen LogP contribution in [0.15, 0.2) is 0 Å². The molecule has 0 rings (SSSR count). The molecule has 0 bridgehead atoms. The number of carboxylic acids is 1. The molecule has 0 saturated carbocycles. The molecule has 0 aliphatic rings. The van der Waals surface area contributed by atoms with Gasteiger partial charge in [-0.25, -0.2) is 4.79 Å². The molecule has 268 valence electrons. The highest BCUT2D eigenvalue weighted by molar-refractivity contribution is 5.83. The molecule has 4 nitrogen and oxygen atoms in total. The Morgan fingerprint density at radius 2 is 0.750 bits per heavy atom. The highest BCUT2D eigenvalue weighted by atomic mass is 16.4. The Balaban J connectivity index is -0.0000000274. The zero-order valence-corrected chi connectivity index (χ0v) is 16.8. The number of amides is 1. The Morgan fingerprint density at radius 3 is 0.975 bits per heavy atom. The predicted molar refractivity (Wildman–Crippen MR) is 206 cm³/mol. The number of carbonyl (C=O) groups excluding carboxylic acids is 1. The lowest BCUT2D eigenvalue weighted by molar-refractivity contribution is -0.143. The topological polar surface area (TPSA) is 66.4 Å². The van der Waals surface area contributed by atoms with Gasteiger partial charge in [-0.2, -0.15) is 0 Å². The number of hydrogen-bond donors (Lipinski definition) is 2. The highest BCUT2D eigenvalue weighted by Gasteiger charge is 2.22. The summed E-state index contributed by atoms with van der Waals surface area (Å²) < 4.78 is 0. The normalized spacial score (nSPS) is 7.70. The minimum absolute atomic E-state index is 0. The molecule has 4 heteroatoms. The second kappa shape index (κ2) is 76.9. The first-order chi connectivity index (χ1) is 12.0. The van der Waals surface area contributed by atoms with E-state index in [1.54, 1.807) is 0 Å². The van der Waals surface area contributed by atoms with Gasteiger partial charge < -0.3 is 10.4 Å². The first-order valence-electron chi connectivity index (χ1n) is 10.5. The molecule has 0 heterocycles. The molecule has 1 amide bonds. The van der Waals surface area contributed by atoms with Crippen LogP contribution in [-0.4, -0.2) is 23.0 Å². The highest BCUT2D eigenvalue weighted by Crippen LogP contribution is 2.13. The third-order valence-corrected chi connectivity index (χ3v) is 4.76. The van der Waals surface area contributed by atoms with Gasteiger partial charge >= 0.3 is 5.97 Å². The van der Waals surface area contributed by atoms with Gasteiger partial charge in [-0.3, -0.25) is 4.79 Å². The maximum absolute atomic E-state index is 11.8. The summed E-state index contributed by atoms with van der Waals surface area (Å²) in [6.07, 6.45) is 17.0. The van der Waals surface area contributed by atoms with Crippen molar-refractivity contribution >= 4 is 11.9 Å². The van der Waals surface area contributed by atoms with Gasteiger partial charge in [0.1, 0.15) is 6.04 Å². The van der Waals surface area contributed by atoms with E-state index in [1.807, 2.05) is 13.8 Å². The number of hydrogen-bond acceptors (Lipinski definition) is 2. The van der Waals surface area contributed by atoms with E-state index in [4.69, 9.17) is 5.11 Å². The fourth-order valence-corrected chi connectivity index (χ4v) is 3.06. The second-order valence-electron chi connectivity index (χ2n) is 7.62. The van der Waals surface area contributed by atoms with Crippen LogP contribution >= 0.6 is 0 Å². The summed E-state index contributed by atoms with van der Waals surface area (Å²) in [4.78, 5) is 22.8. The van der Waals surface area contributed by atoms with Crippen LogP contribution in [-0.2, 0) is 9.59 Å². The van der Waals surface area contributed by atoms with Crippen LogP contribution in [0.4, 0.5) is 0 Å². The second-order valence-corrected chi connectivity index (χ2v) is 7.62. The number of carboxylic acid groups (broad SMARTS) is 1. The van der Waals surface area contributed by atoms with Gasteiger partial charge in [0, 0.05) is 6.42 Å². The van der Waals surface area contributed by atoms with Crippen molar-refractivity contribution in [1.29, 1.82) is 0 Å². The third kappa shape index (κ3) is 70.9. The van der Waals surface area contributed by atoms with Crippen LogP contribution < -0.4 is 5.32 Å². The van der Waals surface area contributed by atoms with Crippen molar-refractivity contribution in [2.75, 3.05) is 0 Å². The first kappa shape index (κ1) is 107. The number of carbonyl (C=O) groups is 2. The van der Waals surface area contributed by atoms with Gasteiger partial charge in [-0.1, -0.05) is 209 Å². The lowest BCUT2D eigenvalue weighted by Crippen LogP contribution is -2.44. The molecule has 0 aliphatic heterocycles. The number of rotatable bonds is 17. The molecule has 1 unspecified atom stereocenters. The van der Waals surface area contributed by atoms with E-state index in [0.717, 1.165) is 12.8 Å². The molecule has 0 aromatic heterocycles. The van der Waals surface area contributed by atoms with E-state index < -0.39 is 12.0 Å². The molecule has 0 aliphatic carbocycles. The van der Waals surface area contributed by atoms with E-state index in [0.29, 0.717) is 6.42 Å². The van der Waals surface area contributed by atoms with Gasteiger partial charge in [0.15, 0.2) is 0 Å². The van der Waals surface area contributed by atoms with Crippen LogP contribution in [0.2, 0.25) is 0 Å². The van der Waals surface area contributed by atoms with Crippen LogP contribution in [0.25, 0.3) is 0 Å². The molecule has 0 saturated heterocycles. The van der Waals surface area contributed by atoms with Crippen LogP contribution in [0, 0.1) is 5.92 Å². The molecule has 0 aromatic carbocycles. The standard InChI is InChI=1S/C21H41NO3.15CH4/c1-4-5-6-7-8-9-10-11-12-13-14-15-16-17-19(23)22-20(18(2)3)21(24)25;;;;;;;;;;;;;;;/h18,20H,4-17H2,1-3H3,(H,22,23)(H,24,25);15*1H4. The van der Waals surface area contributed by atoms with Crippen molar-refractivity contribution in [3.05, 3.63) is 0 Å². The van der Waals surface area contributed by atoms with Crippen molar-refractivity contribution in [1.82, 2.24) is 5.32 Å². The Kier molecular flexibility index (Phi) is 205. The minimum atomic E-state index is -0.950. The van der Waals surface area contributed by atoms with E-state index in [1.165, 1.54) is 70.6 Å². The average molecular weight is 596 g/mol. The van der Waals surface area contributed by atoms with Gasteiger partial charge in [-0.15, -0.1) is 0 Å². The fraction of sp³-hybridized carbons (Fsp3) is 0.944. The van der Waals surface area contributed by atoms with Gasteiger partial charge in [-0.05, 0) is 12.3 Å². The van der Waals surface area contributed by atoms with E-state index in [-0.39, 0.29) is 123 Å². The molecular weight excluding hydrogens is 494 g/mol. The minimum Gasteiger partial charge on any atom is -0.480 e. The lowest BCUT2D eigenvalue weighted by Gasteiger charge is -2.17. The van der Waals surface area contributed by atoms with E-state index in [9.17, 15) is 9.59 Å². The molecular formula is C36H101NO3. The number of unbranched alkanes of at least 4 members (excludes halogenated alkanes) is 12. The van der Waals surface area contributed by atoms with Crippen molar-refractivity contribution < 1.29 is 14.7 Å². The van der Waals surface area contributed by atoms with Crippen molar-refractivity contribution in [2.24, 2.45) is 5.92 Å². The van der Waals surface area contributed by atoms with E-state index >= 15 is 0 Å². The van der Waals surface area contributed by atoms with Crippen molar-refractivity contribution in [3.8, 4) is 0 Å². The number of nitrogens with one attached hydrogen (secondary N) is 1. The molecule has 2 N–H and O–H groups in total. The Hall–Kier alpha value is -1.06. The smallest absolute Gasteiger partial charge is 0.326 e. The molecule has 0 spiro atoms. The molecule has 0 fully saturated rings. The van der Waals surface area contributed by atoms with Gasteiger partial charge in [0.25, 0.3) is 0 Å². The molecule has 0 aromatic rings. The quantitative estimate of drug-likeness (QED) is 0.164. The van der Waals surface area contributed by atoms with Crippen molar-refractivity contribution in [3.63, 3.8) is 0 Å². The SMILES string of the molecule is C.C.C.C.C.C.C.C.C.C.C.C.C.C.C.CCCCCCCCCCCCCCCC(=O)NC(C(=O)O)C(C)C. The summed E-state index contributed by atoms with van der Waals surface area (Å²) in [7, 11) is 0. The van der Waals surface area contributed by atoms with E-state index in [2.05, 4.69) is 12.2 Å². The molecule has 0 radical (unpaired) electrons. The van der Waals surface area contributed by atoms with Gasteiger partial charge in [0.2, 0.25) is 5.91 Å². The zero-order chi connectivity index (χ0) is 18.9. The summed E-state index contributed by atoms with van der Waals surface area (Å²) in [5, 5.41) is 11.7. The summed E-state index contributed by atoms with van der Waals surface area (Å²) in [5.74, 6) is -1.18. The van der Waals surface area contributed by atoms with Crippen LogP contribution in [0.3, 0.4) is 0 Å². The average Bonchev–Trinajstić information content (AvgIpc) is 2.56. The summed E-state index contributed by atoms with van der Waals surface area (Å²) in [6.45, 7) is 5.87. The van der Waals surface area contributed by atoms with Crippen molar-refractivity contribution in [2.45, 2.75) is 228 Å². The zero-order valence-electron chi connectivity index (χ0n) is 16.8.